The molecule has 1 N–H and O–H groups in total. The summed E-state index contributed by atoms with van der Waals surface area (Å²) >= 11 is 0. The lowest BCUT2D eigenvalue weighted by molar-refractivity contribution is 0.147. The summed E-state index contributed by atoms with van der Waals surface area (Å²) in [4.78, 5) is 0.345. The summed E-state index contributed by atoms with van der Waals surface area (Å²) in [6.07, 6.45) is 3.83. The van der Waals surface area contributed by atoms with Crippen LogP contribution in [0.25, 0.3) is 0 Å². The molecule has 1 heterocycles. The van der Waals surface area contributed by atoms with E-state index in [0.29, 0.717) is 17.9 Å². The normalized spacial score (nSPS) is 23.2. The first-order valence-corrected chi connectivity index (χ1v) is 8.71. The Morgan fingerprint density at radius 1 is 1.25 bits per heavy atom. The lowest BCUT2D eigenvalue weighted by Crippen LogP contribution is -2.41. The molecule has 0 saturated carbocycles. The van der Waals surface area contributed by atoms with Crippen molar-refractivity contribution in [2.24, 2.45) is 0 Å². The predicted molar refractivity (Wildman–Crippen MR) is 78.9 cm³/mol. The van der Waals surface area contributed by atoms with Gasteiger partial charge in [-0.2, -0.15) is 4.31 Å². The van der Waals surface area contributed by atoms with Crippen LogP contribution >= 0.6 is 0 Å². The molecule has 1 saturated heterocycles. The molecular formula is C15H23NO3S. The van der Waals surface area contributed by atoms with Crippen molar-refractivity contribution < 1.29 is 13.5 Å². The Balaban J connectivity index is 2.30. The molecule has 20 heavy (non-hydrogen) atoms. The van der Waals surface area contributed by atoms with Gasteiger partial charge >= 0.3 is 0 Å². The highest BCUT2D eigenvalue weighted by Crippen LogP contribution is 2.27. The van der Waals surface area contributed by atoms with Crippen molar-refractivity contribution in [1.29, 1.82) is 0 Å². The van der Waals surface area contributed by atoms with Gasteiger partial charge in [-0.05, 0) is 38.3 Å². The van der Waals surface area contributed by atoms with E-state index < -0.39 is 16.1 Å². The highest BCUT2D eigenvalue weighted by molar-refractivity contribution is 7.89. The predicted octanol–water partition coefficient (Wildman–Crippen LogP) is 2.39. The summed E-state index contributed by atoms with van der Waals surface area (Å²) in [5.74, 6) is 0. The van der Waals surface area contributed by atoms with E-state index in [1.807, 2.05) is 6.07 Å². The van der Waals surface area contributed by atoms with Crippen molar-refractivity contribution in [2.45, 2.75) is 56.1 Å². The van der Waals surface area contributed by atoms with Crippen LogP contribution in [0.1, 0.15) is 39.0 Å². The molecule has 0 spiro atoms. The number of aliphatic hydroxyl groups excluding tert-OH is 1. The average Bonchev–Trinajstić information content (AvgIpc) is 2.65. The molecule has 0 bridgehead atoms. The SMILES string of the molecule is CC(O)CC1CCCCCN1S(=O)(=O)c1ccccc1. The largest absolute Gasteiger partial charge is 0.393 e. The van der Waals surface area contributed by atoms with Crippen LogP contribution in [0.15, 0.2) is 35.2 Å². The number of nitrogens with zero attached hydrogens (tertiary/aromatic N) is 1. The van der Waals surface area contributed by atoms with Gasteiger partial charge in [-0.15, -0.1) is 0 Å². The van der Waals surface area contributed by atoms with Crippen LogP contribution in [0.5, 0.6) is 0 Å². The van der Waals surface area contributed by atoms with Crippen LogP contribution in [0, 0.1) is 0 Å². The van der Waals surface area contributed by atoms with Crippen LogP contribution < -0.4 is 0 Å². The zero-order valence-corrected chi connectivity index (χ0v) is 12.7. The van der Waals surface area contributed by atoms with Gasteiger partial charge in [0.25, 0.3) is 0 Å². The lowest BCUT2D eigenvalue weighted by Gasteiger charge is -2.30. The molecule has 0 radical (unpaired) electrons. The summed E-state index contributed by atoms with van der Waals surface area (Å²) < 4.78 is 27.2. The van der Waals surface area contributed by atoms with Crippen molar-refractivity contribution in [2.75, 3.05) is 6.54 Å². The summed E-state index contributed by atoms with van der Waals surface area (Å²) in [5, 5.41) is 9.63. The molecule has 2 unspecified atom stereocenters. The molecule has 2 atom stereocenters. The molecule has 0 aromatic heterocycles. The molecule has 1 aliphatic rings. The zero-order valence-electron chi connectivity index (χ0n) is 11.9. The Morgan fingerprint density at radius 2 is 1.95 bits per heavy atom. The van der Waals surface area contributed by atoms with Crippen LogP contribution in [0.2, 0.25) is 0 Å². The van der Waals surface area contributed by atoms with E-state index in [4.69, 9.17) is 0 Å². The Morgan fingerprint density at radius 3 is 2.60 bits per heavy atom. The second kappa shape index (κ2) is 6.70. The highest BCUT2D eigenvalue weighted by atomic mass is 32.2. The standard InChI is InChI=1S/C15H23NO3S/c1-13(17)12-14-8-4-3-7-11-16(14)20(18,19)15-9-5-2-6-10-15/h2,5-6,9-10,13-14,17H,3-4,7-8,11-12H2,1H3. The van der Waals surface area contributed by atoms with Gasteiger partial charge in [0.05, 0.1) is 11.0 Å². The first-order valence-electron chi connectivity index (χ1n) is 7.27. The third kappa shape index (κ3) is 3.59. The van der Waals surface area contributed by atoms with Gasteiger partial charge in [-0.3, -0.25) is 0 Å². The maximum absolute atomic E-state index is 12.8. The summed E-state index contributed by atoms with van der Waals surface area (Å²) in [5.41, 5.74) is 0. The molecule has 0 amide bonds. The van der Waals surface area contributed by atoms with E-state index in [2.05, 4.69) is 0 Å². The average molecular weight is 297 g/mol. The Hall–Kier alpha value is -0.910. The monoisotopic (exact) mass is 297 g/mol. The van der Waals surface area contributed by atoms with E-state index >= 15 is 0 Å². The van der Waals surface area contributed by atoms with Gasteiger partial charge in [-0.1, -0.05) is 31.0 Å². The maximum Gasteiger partial charge on any atom is 0.243 e. The molecule has 1 aromatic rings. The quantitative estimate of drug-likeness (QED) is 0.928. The lowest BCUT2D eigenvalue weighted by atomic mass is 10.1. The van der Waals surface area contributed by atoms with Crippen molar-refractivity contribution >= 4 is 10.0 Å². The Bertz CT molecular complexity index is 513. The first-order chi connectivity index (χ1) is 9.51. The second-order valence-electron chi connectivity index (χ2n) is 5.52. The smallest absolute Gasteiger partial charge is 0.243 e. The Labute approximate surface area is 121 Å². The third-order valence-electron chi connectivity index (χ3n) is 3.79. The van der Waals surface area contributed by atoms with Gasteiger partial charge in [0.2, 0.25) is 10.0 Å². The number of sulfonamides is 1. The van der Waals surface area contributed by atoms with Gasteiger partial charge in [-0.25, -0.2) is 8.42 Å². The minimum atomic E-state index is -3.46. The molecule has 0 aliphatic carbocycles. The molecule has 1 aromatic carbocycles. The van der Waals surface area contributed by atoms with E-state index in [0.717, 1.165) is 25.7 Å². The fourth-order valence-electron chi connectivity index (χ4n) is 2.82. The molecule has 1 aliphatic heterocycles. The number of aliphatic hydroxyl groups is 1. The number of rotatable bonds is 4. The second-order valence-corrected chi connectivity index (χ2v) is 7.41. The fraction of sp³-hybridized carbons (Fsp3) is 0.600. The molecule has 1 fully saturated rings. The van der Waals surface area contributed by atoms with Crippen LogP contribution in [-0.2, 0) is 10.0 Å². The van der Waals surface area contributed by atoms with E-state index in [1.54, 1.807) is 35.5 Å². The molecular weight excluding hydrogens is 274 g/mol. The van der Waals surface area contributed by atoms with E-state index in [9.17, 15) is 13.5 Å². The zero-order chi connectivity index (χ0) is 14.6. The Kier molecular flexibility index (Phi) is 5.18. The molecule has 5 heteroatoms. The number of hydrogen-bond acceptors (Lipinski definition) is 3. The highest BCUT2D eigenvalue weighted by Gasteiger charge is 2.32. The minimum Gasteiger partial charge on any atom is -0.393 e. The van der Waals surface area contributed by atoms with Crippen LogP contribution in [0.3, 0.4) is 0 Å². The van der Waals surface area contributed by atoms with E-state index in [-0.39, 0.29) is 6.04 Å². The maximum atomic E-state index is 12.8. The third-order valence-corrected chi connectivity index (χ3v) is 5.75. The van der Waals surface area contributed by atoms with Gasteiger partial charge < -0.3 is 5.11 Å². The number of benzene rings is 1. The van der Waals surface area contributed by atoms with Gasteiger partial charge in [0.1, 0.15) is 0 Å². The molecule has 4 nitrogen and oxygen atoms in total. The van der Waals surface area contributed by atoms with Crippen molar-refractivity contribution in [3.63, 3.8) is 0 Å². The molecule has 2 rings (SSSR count). The summed E-state index contributed by atoms with van der Waals surface area (Å²) in [6.45, 7) is 2.27. The van der Waals surface area contributed by atoms with Crippen LogP contribution in [-0.4, -0.2) is 36.5 Å². The van der Waals surface area contributed by atoms with Crippen LogP contribution in [0.4, 0.5) is 0 Å². The van der Waals surface area contributed by atoms with E-state index in [1.165, 1.54) is 0 Å². The summed E-state index contributed by atoms with van der Waals surface area (Å²) in [6, 6.07) is 8.49. The van der Waals surface area contributed by atoms with Crippen molar-refractivity contribution in [1.82, 2.24) is 4.31 Å². The minimum absolute atomic E-state index is 0.0947. The molecule has 112 valence electrons. The van der Waals surface area contributed by atoms with Gasteiger partial charge in [0.15, 0.2) is 0 Å². The number of hydrogen-bond donors (Lipinski definition) is 1. The summed E-state index contributed by atoms with van der Waals surface area (Å²) in [7, 11) is -3.46. The fourth-order valence-corrected chi connectivity index (χ4v) is 4.55. The van der Waals surface area contributed by atoms with Crippen molar-refractivity contribution in [3.8, 4) is 0 Å². The topological polar surface area (TPSA) is 57.6 Å². The van der Waals surface area contributed by atoms with Crippen molar-refractivity contribution in [3.05, 3.63) is 30.3 Å². The van der Waals surface area contributed by atoms with Gasteiger partial charge in [0, 0.05) is 12.6 Å². The first kappa shape index (κ1) is 15.5.